The van der Waals surface area contributed by atoms with E-state index in [1.807, 2.05) is 45.0 Å². The van der Waals surface area contributed by atoms with Crippen molar-refractivity contribution in [2.45, 2.75) is 52.6 Å². The summed E-state index contributed by atoms with van der Waals surface area (Å²) in [5.74, 6) is -0.446. The third kappa shape index (κ3) is 7.74. The summed E-state index contributed by atoms with van der Waals surface area (Å²) in [6.07, 6.45) is 2.01. The molecule has 0 aliphatic rings. The summed E-state index contributed by atoms with van der Waals surface area (Å²) < 4.78 is 26.1. The van der Waals surface area contributed by atoms with Crippen molar-refractivity contribution >= 4 is 39.1 Å². The number of rotatable bonds is 12. The summed E-state index contributed by atoms with van der Waals surface area (Å²) in [7, 11) is -3.52. The Bertz CT molecular complexity index is 1090. The van der Waals surface area contributed by atoms with Crippen molar-refractivity contribution in [3.05, 3.63) is 64.7 Å². The van der Waals surface area contributed by atoms with Gasteiger partial charge in [-0.15, -0.1) is 0 Å². The second kappa shape index (κ2) is 12.8. The lowest BCUT2D eigenvalue weighted by atomic mass is 10.1. The molecular weight excluding hydrogens is 474 g/mol. The number of likely N-dealkylation sites (N-methyl/N-ethyl adjacent to an activating group) is 1. The lowest BCUT2D eigenvalue weighted by Gasteiger charge is -2.31. The second-order valence-electron chi connectivity index (χ2n) is 8.21. The lowest BCUT2D eigenvalue weighted by molar-refractivity contribution is -0.141. The van der Waals surface area contributed by atoms with E-state index in [1.165, 1.54) is 4.31 Å². The number of nitrogens with zero attached hydrogens (tertiary/aromatic N) is 2. The molecule has 0 aliphatic heterocycles. The summed E-state index contributed by atoms with van der Waals surface area (Å²) in [6.45, 7) is 6.40. The van der Waals surface area contributed by atoms with E-state index in [0.29, 0.717) is 30.1 Å². The van der Waals surface area contributed by atoms with Gasteiger partial charge < -0.3 is 10.2 Å². The molecule has 2 amide bonds. The number of benzene rings is 2. The molecule has 0 fully saturated rings. The molecule has 186 valence electrons. The zero-order valence-electron chi connectivity index (χ0n) is 20.3. The Morgan fingerprint density at radius 1 is 1.09 bits per heavy atom. The third-order valence-corrected chi connectivity index (χ3v) is 7.04. The molecule has 2 aromatic rings. The fraction of sp³-hybridized carbons (Fsp3) is 0.440. The van der Waals surface area contributed by atoms with Crippen LogP contribution in [0.1, 0.15) is 44.2 Å². The smallest absolute Gasteiger partial charge is 0.242 e. The molecule has 9 heteroatoms. The normalized spacial score (nSPS) is 12.1. The fourth-order valence-corrected chi connectivity index (χ4v) is 4.96. The lowest BCUT2D eigenvalue weighted by Crippen LogP contribution is -2.49. The van der Waals surface area contributed by atoms with Crippen molar-refractivity contribution in [2.24, 2.45) is 0 Å². The van der Waals surface area contributed by atoms with Gasteiger partial charge in [-0.1, -0.05) is 48.9 Å². The Kier molecular flexibility index (Phi) is 10.4. The number of amides is 2. The maximum absolute atomic E-state index is 13.3. The first-order chi connectivity index (χ1) is 16.1. The number of hydrogen-bond donors (Lipinski definition) is 1. The predicted octanol–water partition coefficient (Wildman–Crippen LogP) is 4.14. The maximum Gasteiger partial charge on any atom is 0.242 e. The summed E-state index contributed by atoms with van der Waals surface area (Å²) in [5, 5.41) is 3.32. The van der Waals surface area contributed by atoms with Crippen LogP contribution in [0.5, 0.6) is 0 Å². The number of nitrogens with one attached hydrogen (secondary N) is 1. The Morgan fingerprint density at radius 2 is 1.79 bits per heavy atom. The predicted molar refractivity (Wildman–Crippen MR) is 137 cm³/mol. The first-order valence-electron chi connectivity index (χ1n) is 11.4. The van der Waals surface area contributed by atoms with Crippen LogP contribution in [-0.2, 0) is 26.2 Å². The van der Waals surface area contributed by atoms with E-state index < -0.39 is 16.1 Å². The summed E-state index contributed by atoms with van der Waals surface area (Å²) in [4.78, 5) is 27.6. The molecule has 0 unspecified atom stereocenters. The van der Waals surface area contributed by atoms with Gasteiger partial charge in [0, 0.05) is 31.1 Å². The van der Waals surface area contributed by atoms with Crippen LogP contribution in [0.4, 0.5) is 5.69 Å². The molecule has 0 saturated carbocycles. The average Bonchev–Trinajstić information content (AvgIpc) is 2.77. The fourth-order valence-electron chi connectivity index (χ4n) is 3.81. The second-order valence-corrected chi connectivity index (χ2v) is 10.5. The van der Waals surface area contributed by atoms with Crippen molar-refractivity contribution in [3.63, 3.8) is 0 Å². The molecule has 1 atom stereocenters. The highest BCUT2D eigenvalue weighted by molar-refractivity contribution is 7.92. The number of carbonyl (C=O) groups excluding carboxylic acids is 2. The minimum Gasteiger partial charge on any atom is -0.355 e. The molecular formula is C25H34ClN3O4S. The molecule has 7 nitrogen and oxygen atoms in total. The zero-order valence-corrected chi connectivity index (χ0v) is 21.8. The first-order valence-corrected chi connectivity index (χ1v) is 13.7. The number of sulfonamides is 1. The van der Waals surface area contributed by atoms with Crippen molar-refractivity contribution in [1.82, 2.24) is 10.2 Å². The molecule has 0 saturated heterocycles. The van der Waals surface area contributed by atoms with E-state index in [4.69, 9.17) is 11.6 Å². The quantitative estimate of drug-likeness (QED) is 0.467. The van der Waals surface area contributed by atoms with Crippen molar-refractivity contribution in [2.75, 3.05) is 23.7 Å². The van der Waals surface area contributed by atoms with Gasteiger partial charge >= 0.3 is 0 Å². The summed E-state index contributed by atoms with van der Waals surface area (Å²) in [5.41, 5.74) is 2.26. The molecule has 0 aromatic heterocycles. The monoisotopic (exact) mass is 507 g/mol. The summed E-state index contributed by atoms with van der Waals surface area (Å²) in [6, 6.07) is 13.8. The standard InChI is InChI=1S/C25H34ClN3O4S/c1-5-23(25(31)27-6-2)28(18-20-12-7-8-14-22(20)26)24(30)15-10-16-29(34(4,32)33)21-13-9-11-19(3)17-21/h7-9,11-14,17,23H,5-6,10,15-16,18H2,1-4H3,(H,27,31)/t23-/m0/s1. The van der Waals surface area contributed by atoms with Crippen LogP contribution in [0.2, 0.25) is 5.02 Å². The highest BCUT2D eigenvalue weighted by Crippen LogP contribution is 2.22. The molecule has 0 bridgehead atoms. The Balaban J connectivity index is 2.21. The van der Waals surface area contributed by atoms with Crippen LogP contribution in [0.3, 0.4) is 0 Å². The maximum atomic E-state index is 13.3. The Morgan fingerprint density at radius 3 is 2.38 bits per heavy atom. The highest BCUT2D eigenvalue weighted by atomic mass is 35.5. The van der Waals surface area contributed by atoms with Gasteiger partial charge in [0.1, 0.15) is 6.04 Å². The Hall–Kier alpha value is -2.58. The van der Waals surface area contributed by atoms with Gasteiger partial charge in [0.25, 0.3) is 0 Å². The van der Waals surface area contributed by atoms with Gasteiger partial charge in [0.15, 0.2) is 0 Å². The van der Waals surface area contributed by atoms with Gasteiger partial charge in [-0.2, -0.15) is 0 Å². The van der Waals surface area contributed by atoms with Crippen LogP contribution in [0, 0.1) is 6.92 Å². The van der Waals surface area contributed by atoms with E-state index >= 15 is 0 Å². The molecule has 0 aliphatic carbocycles. The van der Waals surface area contributed by atoms with Crippen LogP contribution in [-0.4, -0.2) is 50.5 Å². The van der Waals surface area contributed by atoms with Gasteiger partial charge in [-0.05, 0) is 56.0 Å². The molecule has 1 N–H and O–H groups in total. The molecule has 2 rings (SSSR count). The van der Waals surface area contributed by atoms with Crippen LogP contribution >= 0.6 is 11.6 Å². The van der Waals surface area contributed by atoms with Crippen LogP contribution < -0.4 is 9.62 Å². The van der Waals surface area contributed by atoms with Crippen molar-refractivity contribution in [3.8, 4) is 0 Å². The largest absolute Gasteiger partial charge is 0.355 e. The molecule has 0 heterocycles. The van der Waals surface area contributed by atoms with Crippen molar-refractivity contribution in [1.29, 1.82) is 0 Å². The highest BCUT2D eigenvalue weighted by Gasteiger charge is 2.29. The third-order valence-electron chi connectivity index (χ3n) is 5.48. The zero-order chi connectivity index (χ0) is 25.3. The summed E-state index contributed by atoms with van der Waals surface area (Å²) >= 11 is 6.33. The van der Waals surface area contributed by atoms with E-state index in [9.17, 15) is 18.0 Å². The van der Waals surface area contributed by atoms with Gasteiger partial charge in [-0.3, -0.25) is 13.9 Å². The number of carbonyl (C=O) groups is 2. The van der Waals surface area contributed by atoms with Gasteiger partial charge in [0.05, 0.1) is 11.9 Å². The minimum atomic E-state index is -3.52. The first kappa shape index (κ1) is 27.7. The topological polar surface area (TPSA) is 86.8 Å². The van der Waals surface area contributed by atoms with Gasteiger partial charge in [0.2, 0.25) is 21.8 Å². The number of hydrogen-bond acceptors (Lipinski definition) is 4. The molecule has 34 heavy (non-hydrogen) atoms. The molecule has 0 radical (unpaired) electrons. The van der Waals surface area contributed by atoms with Crippen molar-refractivity contribution < 1.29 is 18.0 Å². The van der Waals surface area contributed by atoms with E-state index in [2.05, 4.69) is 5.32 Å². The van der Waals surface area contributed by atoms with E-state index in [1.54, 1.807) is 29.2 Å². The van der Waals surface area contributed by atoms with E-state index in [0.717, 1.165) is 17.4 Å². The van der Waals surface area contributed by atoms with Crippen LogP contribution in [0.25, 0.3) is 0 Å². The number of halogens is 1. The SMILES string of the molecule is CCNC(=O)[C@H](CC)N(Cc1ccccc1Cl)C(=O)CCCN(c1cccc(C)c1)S(C)(=O)=O. The van der Waals surface area contributed by atoms with Gasteiger partial charge in [-0.25, -0.2) is 8.42 Å². The van der Waals surface area contributed by atoms with Crippen LogP contribution in [0.15, 0.2) is 48.5 Å². The average molecular weight is 508 g/mol. The Labute approximate surface area is 208 Å². The number of aryl methyl sites for hydroxylation is 1. The molecule has 2 aromatic carbocycles. The minimum absolute atomic E-state index is 0.0954. The number of anilines is 1. The van der Waals surface area contributed by atoms with E-state index in [-0.39, 0.29) is 31.3 Å². The molecule has 0 spiro atoms.